The van der Waals surface area contributed by atoms with Gasteiger partial charge in [0, 0.05) is 18.8 Å². The maximum atomic E-state index is 4.31. The average Bonchev–Trinajstić information content (AvgIpc) is 2.95. The zero-order valence-electron chi connectivity index (χ0n) is 11.4. The lowest BCUT2D eigenvalue weighted by atomic mass is 9.92. The van der Waals surface area contributed by atoms with E-state index < -0.39 is 0 Å². The Balaban J connectivity index is 2.18. The van der Waals surface area contributed by atoms with Gasteiger partial charge in [0.2, 0.25) is 0 Å². The fourth-order valence-electron chi connectivity index (χ4n) is 2.88. The van der Waals surface area contributed by atoms with Crippen molar-refractivity contribution in [2.24, 2.45) is 7.05 Å². The Morgan fingerprint density at radius 2 is 2.06 bits per heavy atom. The van der Waals surface area contributed by atoms with E-state index in [1.54, 1.807) is 11.1 Å². The molecule has 94 valence electrons. The monoisotopic (exact) mass is 240 g/mol. The fourth-order valence-corrected chi connectivity index (χ4v) is 2.88. The van der Waals surface area contributed by atoms with Gasteiger partial charge in [-0.2, -0.15) is 5.10 Å². The Kier molecular flexibility index (Phi) is 2.73. The Morgan fingerprint density at radius 3 is 2.72 bits per heavy atom. The molecule has 0 saturated carbocycles. The number of aromatic nitrogens is 2. The fraction of sp³-hybridized carbons (Fsp3) is 0.438. The summed E-state index contributed by atoms with van der Waals surface area (Å²) >= 11 is 0. The molecule has 1 heterocycles. The predicted octanol–water partition coefficient (Wildman–Crippen LogP) is 3.70. The summed E-state index contributed by atoms with van der Waals surface area (Å²) in [6.07, 6.45) is 7.86. The molecule has 0 saturated heterocycles. The van der Waals surface area contributed by atoms with Gasteiger partial charge in [-0.15, -0.1) is 0 Å². The molecular weight excluding hydrogens is 220 g/mol. The van der Waals surface area contributed by atoms with Crippen LogP contribution >= 0.6 is 0 Å². The van der Waals surface area contributed by atoms with Gasteiger partial charge in [0.05, 0.1) is 6.20 Å². The summed E-state index contributed by atoms with van der Waals surface area (Å²) in [5, 5.41) is 4.31. The number of hydrogen-bond donors (Lipinski definition) is 0. The van der Waals surface area contributed by atoms with Crippen LogP contribution in [0.2, 0.25) is 0 Å². The summed E-state index contributed by atoms with van der Waals surface area (Å²) in [5.74, 6) is 0.589. The normalized spacial score (nSPS) is 14.2. The zero-order chi connectivity index (χ0) is 12.7. The minimum Gasteiger partial charge on any atom is -0.275 e. The largest absolute Gasteiger partial charge is 0.275 e. The quantitative estimate of drug-likeness (QED) is 0.782. The van der Waals surface area contributed by atoms with Crippen molar-refractivity contribution in [2.45, 2.75) is 39.0 Å². The molecule has 1 aromatic heterocycles. The van der Waals surface area contributed by atoms with E-state index in [2.05, 4.69) is 37.3 Å². The van der Waals surface area contributed by atoms with Crippen molar-refractivity contribution in [2.75, 3.05) is 0 Å². The number of rotatable bonds is 2. The van der Waals surface area contributed by atoms with Crippen LogP contribution in [0, 0.1) is 0 Å². The van der Waals surface area contributed by atoms with E-state index in [0.29, 0.717) is 5.92 Å². The van der Waals surface area contributed by atoms with Gasteiger partial charge in [0.1, 0.15) is 0 Å². The van der Waals surface area contributed by atoms with E-state index in [-0.39, 0.29) is 0 Å². The Bertz CT molecular complexity index is 579. The number of benzene rings is 1. The second kappa shape index (κ2) is 4.27. The Labute approximate surface area is 109 Å². The van der Waals surface area contributed by atoms with Crippen LogP contribution in [0.4, 0.5) is 0 Å². The highest BCUT2D eigenvalue weighted by Crippen LogP contribution is 2.35. The summed E-state index contributed by atoms with van der Waals surface area (Å²) in [6, 6.07) is 4.78. The molecule has 0 unspecified atom stereocenters. The molecule has 3 rings (SSSR count). The van der Waals surface area contributed by atoms with Crippen molar-refractivity contribution in [3.05, 3.63) is 41.2 Å². The Hall–Kier alpha value is -1.57. The first-order valence-corrected chi connectivity index (χ1v) is 6.80. The van der Waals surface area contributed by atoms with Gasteiger partial charge in [-0.3, -0.25) is 4.68 Å². The van der Waals surface area contributed by atoms with Gasteiger partial charge < -0.3 is 0 Å². The van der Waals surface area contributed by atoms with Crippen molar-refractivity contribution in [3.63, 3.8) is 0 Å². The van der Waals surface area contributed by atoms with Crippen molar-refractivity contribution in [3.8, 4) is 11.1 Å². The first-order valence-electron chi connectivity index (χ1n) is 6.80. The van der Waals surface area contributed by atoms with Gasteiger partial charge in [-0.25, -0.2) is 0 Å². The molecule has 1 aromatic carbocycles. The van der Waals surface area contributed by atoms with Crippen molar-refractivity contribution < 1.29 is 0 Å². The van der Waals surface area contributed by atoms with Crippen LogP contribution in [0.3, 0.4) is 0 Å². The molecule has 0 spiro atoms. The van der Waals surface area contributed by atoms with E-state index in [9.17, 15) is 0 Å². The molecule has 0 bridgehead atoms. The SMILES string of the molecule is CC(C)c1cc2c(c(-c3cnn(C)c3)c1)CCC2. The molecule has 0 radical (unpaired) electrons. The van der Waals surface area contributed by atoms with Crippen molar-refractivity contribution in [1.82, 2.24) is 9.78 Å². The maximum absolute atomic E-state index is 4.31. The third-order valence-electron chi connectivity index (χ3n) is 3.92. The third kappa shape index (κ3) is 1.86. The standard InChI is InChI=1S/C16H20N2/c1-11(2)13-7-12-5-4-6-15(12)16(8-13)14-9-17-18(3)10-14/h7-11H,4-6H2,1-3H3. The highest BCUT2D eigenvalue weighted by Gasteiger charge is 2.18. The third-order valence-corrected chi connectivity index (χ3v) is 3.92. The summed E-state index contributed by atoms with van der Waals surface area (Å²) in [5.41, 5.74) is 7.22. The van der Waals surface area contributed by atoms with Gasteiger partial charge in [-0.05, 0) is 47.4 Å². The van der Waals surface area contributed by atoms with Crippen molar-refractivity contribution >= 4 is 0 Å². The van der Waals surface area contributed by atoms with Gasteiger partial charge in [-0.1, -0.05) is 26.0 Å². The van der Waals surface area contributed by atoms with Crippen LogP contribution in [0.5, 0.6) is 0 Å². The number of fused-ring (bicyclic) bond motifs is 1. The smallest absolute Gasteiger partial charge is 0.0568 e. The molecule has 0 fully saturated rings. The predicted molar refractivity (Wildman–Crippen MR) is 74.8 cm³/mol. The summed E-state index contributed by atoms with van der Waals surface area (Å²) in [7, 11) is 1.98. The highest BCUT2D eigenvalue weighted by atomic mass is 15.2. The summed E-state index contributed by atoms with van der Waals surface area (Å²) < 4.78 is 1.89. The molecule has 0 amide bonds. The van der Waals surface area contributed by atoms with E-state index in [1.165, 1.54) is 36.0 Å². The van der Waals surface area contributed by atoms with Crippen LogP contribution in [-0.2, 0) is 19.9 Å². The van der Waals surface area contributed by atoms with Crippen LogP contribution in [0.15, 0.2) is 24.5 Å². The maximum Gasteiger partial charge on any atom is 0.0568 e. The number of nitrogens with zero attached hydrogens (tertiary/aromatic N) is 2. The van der Waals surface area contributed by atoms with Crippen LogP contribution in [0.1, 0.15) is 42.9 Å². The molecule has 1 aliphatic rings. The second-order valence-corrected chi connectivity index (χ2v) is 5.62. The molecule has 2 nitrogen and oxygen atoms in total. The zero-order valence-corrected chi connectivity index (χ0v) is 11.4. The van der Waals surface area contributed by atoms with Crippen LogP contribution in [-0.4, -0.2) is 9.78 Å². The number of hydrogen-bond acceptors (Lipinski definition) is 1. The first kappa shape index (κ1) is 11.5. The topological polar surface area (TPSA) is 17.8 Å². The van der Waals surface area contributed by atoms with Crippen molar-refractivity contribution in [1.29, 1.82) is 0 Å². The van der Waals surface area contributed by atoms with E-state index in [0.717, 1.165) is 0 Å². The molecule has 0 atom stereocenters. The molecule has 2 heteroatoms. The second-order valence-electron chi connectivity index (χ2n) is 5.62. The molecular formula is C16H20N2. The van der Waals surface area contributed by atoms with Gasteiger partial charge >= 0.3 is 0 Å². The minimum absolute atomic E-state index is 0.589. The first-order chi connectivity index (χ1) is 8.65. The summed E-state index contributed by atoms with van der Waals surface area (Å²) in [4.78, 5) is 0. The van der Waals surface area contributed by atoms with Crippen LogP contribution in [0.25, 0.3) is 11.1 Å². The van der Waals surface area contributed by atoms with Gasteiger partial charge in [0.15, 0.2) is 0 Å². The number of aryl methyl sites for hydroxylation is 2. The lowest BCUT2D eigenvalue weighted by Crippen LogP contribution is -1.95. The molecule has 2 aromatic rings. The summed E-state index contributed by atoms with van der Waals surface area (Å²) in [6.45, 7) is 4.54. The molecule has 0 N–H and O–H groups in total. The minimum atomic E-state index is 0.589. The lowest BCUT2D eigenvalue weighted by molar-refractivity contribution is 0.768. The average molecular weight is 240 g/mol. The molecule has 0 aliphatic heterocycles. The lowest BCUT2D eigenvalue weighted by Gasteiger charge is -2.13. The van der Waals surface area contributed by atoms with Gasteiger partial charge in [0.25, 0.3) is 0 Å². The van der Waals surface area contributed by atoms with E-state index in [4.69, 9.17) is 0 Å². The van der Waals surface area contributed by atoms with Crippen LogP contribution < -0.4 is 0 Å². The van der Waals surface area contributed by atoms with E-state index in [1.807, 2.05) is 17.9 Å². The highest BCUT2D eigenvalue weighted by molar-refractivity contribution is 5.69. The Morgan fingerprint density at radius 1 is 1.22 bits per heavy atom. The molecule has 18 heavy (non-hydrogen) atoms. The van der Waals surface area contributed by atoms with E-state index >= 15 is 0 Å². The molecule has 1 aliphatic carbocycles.